The molecule has 2 N–H and O–H groups in total. The van der Waals surface area contributed by atoms with E-state index in [1.807, 2.05) is 6.07 Å². The lowest BCUT2D eigenvalue weighted by molar-refractivity contribution is 0.413. The van der Waals surface area contributed by atoms with Gasteiger partial charge in [0.05, 0.1) is 24.1 Å². The zero-order chi connectivity index (χ0) is 15.5. The van der Waals surface area contributed by atoms with Gasteiger partial charge in [-0.1, -0.05) is 6.07 Å². The summed E-state index contributed by atoms with van der Waals surface area (Å²) in [6, 6.07) is 9.65. The molecule has 2 rings (SSSR count). The van der Waals surface area contributed by atoms with Crippen molar-refractivity contribution in [3.63, 3.8) is 0 Å². The van der Waals surface area contributed by atoms with Crippen LogP contribution < -0.4 is 10.5 Å². The number of hydrogen-bond donors (Lipinski definition) is 1. The van der Waals surface area contributed by atoms with Crippen LogP contribution in [-0.4, -0.2) is 20.5 Å². The summed E-state index contributed by atoms with van der Waals surface area (Å²) in [7, 11) is -2.23. The monoisotopic (exact) mass is 303 g/mol. The summed E-state index contributed by atoms with van der Waals surface area (Å²) < 4.78 is 29.7. The number of ether oxygens (including phenoxy) is 1. The molecule has 0 atom stereocenters. The molecule has 7 heteroatoms. The Morgan fingerprint density at radius 3 is 2.76 bits per heavy atom. The summed E-state index contributed by atoms with van der Waals surface area (Å²) in [4.78, 5) is 3.82. The van der Waals surface area contributed by atoms with Crippen LogP contribution in [0, 0.1) is 11.3 Å². The molecule has 0 aliphatic heterocycles. The Bertz CT molecular complexity index is 810. The van der Waals surface area contributed by atoms with Crippen LogP contribution in [0.5, 0.6) is 5.75 Å². The van der Waals surface area contributed by atoms with E-state index in [2.05, 4.69) is 4.98 Å². The molecule has 108 valence electrons. The highest BCUT2D eigenvalue weighted by Gasteiger charge is 2.20. The summed E-state index contributed by atoms with van der Waals surface area (Å²) in [5.41, 5.74) is 6.50. The summed E-state index contributed by atoms with van der Waals surface area (Å²) in [5.74, 6) is 0.114. The van der Waals surface area contributed by atoms with Gasteiger partial charge < -0.3 is 10.5 Å². The van der Waals surface area contributed by atoms with E-state index < -0.39 is 9.84 Å². The summed E-state index contributed by atoms with van der Waals surface area (Å²) >= 11 is 0. The highest BCUT2D eigenvalue weighted by Crippen LogP contribution is 2.23. The van der Waals surface area contributed by atoms with E-state index in [9.17, 15) is 8.42 Å². The maximum atomic E-state index is 12.3. The van der Waals surface area contributed by atoms with Crippen LogP contribution in [0.3, 0.4) is 0 Å². The van der Waals surface area contributed by atoms with Crippen LogP contribution >= 0.6 is 0 Å². The molecule has 2 aromatic rings. The lowest BCUT2D eigenvalue weighted by atomic mass is 10.1. The number of nitrogens with two attached hydrogens (primary N) is 1. The minimum Gasteiger partial charge on any atom is -0.495 e. The molecule has 0 radical (unpaired) electrons. The Balaban J connectivity index is 2.38. The van der Waals surface area contributed by atoms with Crippen LogP contribution in [0.15, 0.2) is 41.6 Å². The van der Waals surface area contributed by atoms with Crippen LogP contribution in [0.2, 0.25) is 0 Å². The smallest absolute Gasteiger partial charge is 0.201 e. The number of aromatic nitrogens is 1. The van der Waals surface area contributed by atoms with Gasteiger partial charge in [0.2, 0.25) is 9.84 Å². The maximum Gasteiger partial charge on any atom is 0.201 e. The second-order valence-corrected chi connectivity index (χ2v) is 6.21. The SMILES string of the molecule is COc1ccc(CS(=O)(=O)c2ncccc2N)cc1C#N. The summed E-state index contributed by atoms with van der Waals surface area (Å²) in [5, 5.41) is 8.87. The predicted octanol–water partition coefficient (Wildman–Crippen LogP) is 1.52. The fraction of sp³-hybridized carbons (Fsp3) is 0.143. The second kappa shape index (κ2) is 5.81. The first-order chi connectivity index (χ1) is 9.97. The van der Waals surface area contributed by atoms with Crippen molar-refractivity contribution < 1.29 is 13.2 Å². The van der Waals surface area contributed by atoms with E-state index in [0.717, 1.165) is 0 Å². The van der Waals surface area contributed by atoms with Gasteiger partial charge >= 0.3 is 0 Å². The number of anilines is 1. The number of rotatable bonds is 4. The zero-order valence-electron chi connectivity index (χ0n) is 11.3. The highest BCUT2D eigenvalue weighted by molar-refractivity contribution is 7.90. The van der Waals surface area contributed by atoms with Crippen molar-refractivity contribution in [2.75, 3.05) is 12.8 Å². The molecule has 0 saturated heterocycles. The Hall–Kier alpha value is -2.59. The van der Waals surface area contributed by atoms with Crippen LogP contribution in [0.4, 0.5) is 5.69 Å². The number of pyridine rings is 1. The van der Waals surface area contributed by atoms with Crippen molar-refractivity contribution in [1.82, 2.24) is 4.98 Å². The molecule has 0 aliphatic rings. The number of benzene rings is 1. The molecule has 1 aromatic heterocycles. The van der Waals surface area contributed by atoms with Crippen molar-refractivity contribution in [3.8, 4) is 11.8 Å². The second-order valence-electron chi connectivity index (χ2n) is 4.30. The number of sulfone groups is 1. The Morgan fingerprint density at radius 1 is 1.38 bits per heavy atom. The number of nitriles is 1. The van der Waals surface area contributed by atoms with Crippen molar-refractivity contribution in [3.05, 3.63) is 47.7 Å². The van der Waals surface area contributed by atoms with Crippen LogP contribution in [-0.2, 0) is 15.6 Å². The molecular weight excluding hydrogens is 290 g/mol. The van der Waals surface area contributed by atoms with E-state index in [1.165, 1.54) is 25.4 Å². The maximum absolute atomic E-state index is 12.3. The minimum atomic E-state index is -3.67. The fourth-order valence-corrected chi connectivity index (χ4v) is 3.29. The number of hydrogen-bond acceptors (Lipinski definition) is 6. The molecule has 0 fully saturated rings. The van der Waals surface area contributed by atoms with Crippen molar-refractivity contribution in [2.45, 2.75) is 10.8 Å². The van der Waals surface area contributed by atoms with Gasteiger partial charge in [-0.2, -0.15) is 5.26 Å². The minimum absolute atomic E-state index is 0.103. The van der Waals surface area contributed by atoms with Crippen LogP contribution in [0.1, 0.15) is 11.1 Å². The molecular formula is C14H13N3O3S. The van der Waals surface area contributed by atoms with Gasteiger partial charge in [0, 0.05) is 6.20 Å². The predicted molar refractivity (Wildman–Crippen MR) is 77.2 cm³/mol. The molecule has 21 heavy (non-hydrogen) atoms. The molecule has 0 bridgehead atoms. The van der Waals surface area contributed by atoms with Gasteiger partial charge in [-0.05, 0) is 29.8 Å². The van der Waals surface area contributed by atoms with Gasteiger partial charge in [-0.3, -0.25) is 0 Å². The Labute approximate surface area is 122 Å². The third-order valence-electron chi connectivity index (χ3n) is 2.84. The van der Waals surface area contributed by atoms with E-state index in [4.69, 9.17) is 15.7 Å². The third-order valence-corrected chi connectivity index (χ3v) is 4.48. The quantitative estimate of drug-likeness (QED) is 0.917. The average Bonchev–Trinajstić information content (AvgIpc) is 2.47. The van der Waals surface area contributed by atoms with Gasteiger partial charge in [0.1, 0.15) is 11.8 Å². The van der Waals surface area contributed by atoms with Crippen molar-refractivity contribution in [1.29, 1.82) is 5.26 Å². The lowest BCUT2D eigenvalue weighted by Gasteiger charge is -2.08. The number of nitrogen functional groups attached to an aromatic ring is 1. The van der Waals surface area contributed by atoms with E-state index >= 15 is 0 Å². The molecule has 0 amide bonds. The summed E-state index contributed by atoms with van der Waals surface area (Å²) in [6.07, 6.45) is 1.37. The average molecular weight is 303 g/mol. The molecule has 6 nitrogen and oxygen atoms in total. The first kappa shape index (κ1) is 14.8. The van der Waals surface area contributed by atoms with Gasteiger partial charge in [-0.15, -0.1) is 0 Å². The zero-order valence-corrected chi connectivity index (χ0v) is 12.1. The molecule has 0 aliphatic carbocycles. The molecule has 0 spiro atoms. The van der Waals surface area contributed by atoms with E-state index in [-0.39, 0.29) is 22.0 Å². The lowest BCUT2D eigenvalue weighted by Crippen LogP contribution is -2.10. The van der Waals surface area contributed by atoms with E-state index in [0.29, 0.717) is 11.3 Å². The largest absolute Gasteiger partial charge is 0.495 e. The summed E-state index contributed by atoms with van der Waals surface area (Å²) in [6.45, 7) is 0. The highest BCUT2D eigenvalue weighted by atomic mass is 32.2. The van der Waals surface area contributed by atoms with Gasteiger partial charge in [0.15, 0.2) is 5.03 Å². The topological polar surface area (TPSA) is 106 Å². The Morgan fingerprint density at radius 2 is 2.14 bits per heavy atom. The molecule has 1 aromatic carbocycles. The molecule has 1 heterocycles. The standard InChI is InChI=1S/C14H13N3O3S/c1-20-13-5-4-10(7-11(13)8-15)9-21(18,19)14-12(16)3-2-6-17-14/h2-7H,9,16H2,1H3. The number of nitrogens with zero attached hydrogens (tertiary/aromatic N) is 2. The van der Waals surface area contributed by atoms with Crippen molar-refractivity contribution >= 4 is 15.5 Å². The Kier molecular flexibility index (Phi) is 4.10. The fourth-order valence-electron chi connectivity index (χ4n) is 1.88. The van der Waals surface area contributed by atoms with Gasteiger partial charge in [-0.25, -0.2) is 13.4 Å². The molecule has 0 saturated carbocycles. The first-order valence-corrected chi connectivity index (χ1v) is 7.63. The normalized spacial score (nSPS) is 10.9. The van der Waals surface area contributed by atoms with E-state index in [1.54, 1.807) is 18.2 Å². The first-order valence-electron chi connectivity index (χ1n) is 5.98. The van der Waals surface area contributed by atoms with Crippen molar-refractivity contribution in [2.24, 2.45) is 0 Å². The van der Waals surface area contributed by atoms with Gasteiger partial charge in [0.25, 0.3) is 0 Å². The van der Waals surface area contributed by atoms with Crippen LogP contribution in [0.25, 0.3) is 0 Å². The third kappa shape index (κ3) is 3.12. The number of methoxy groups -OCH3 is 1. The molecule has 0 unspecified atom stereocenters.